The molecule has 29 heavy (non-hydrogen) atoms. The van der Waals surface area contributed by atoms with Gasteiger partial charge in [0.1, 0.15) is 23.2 Å². The maximum atomic E-state index is 14.2. The Morgan fingerprint density at radius 3 is 2.79 bits per heavy atom. The molecule has 1 N–H and O–H groups in total. The third-order valence-electron chi connectivity index (χ3n) is 5.53. The minimum Gasteiger partial charge on any atom is -0.357 e. The first kappa shape index (κ1) is 17.7. The fourth-order valence-corrected chi connectivity index (χ4v) is 4.05. The van der Waals surface area contributed by atoms with Crippen molar-refractivity contribution in [2.24, 2.45) is 0 Å². The van der Waals surface area contributed by atoms with E-state index in [9.17, 15) is 8.78 Å². The minimum atomic E-state index is -0.937. The molecule has 4 heterocycles. The summed E-state index contributed by atoms with van der Waals surface area (Å²) in [6, 6.07) is 4.58. The summed E-state index contributed by atoms with van der Waals surface area (Å²) in [7, 11) is 0. The predicted molar refractivity (Wildman–Crippen MR) is 103 cm³/mol. The molecule has 1 aliphatic rings. The number of halogens is 2. The van der Waals surface area contributed by atoms with Gasteiger partial charge in [-0.3, -0.25) is 0 Å². The van der Waals surface area contributed by atoms with Crippen LogP contribution in [0.3, 0.4) is 0 Å². The number of nitrogens with one attached hydrogen (secondary N) is 1. The monoisotopic (exact) mass is 394 g/mol. The van der Waals surface area contributed by atoms with Gasteiger partial charge in [-0.25, -0.2) is 18.7 Å². The van der Waals surface area contributed by atoms with Crippen molar-refractivity contribution in [2.45, 2.75) is 32.2 Å². The molecule has 9 heteroatoms. The van der Waals surface area contributed by atoms with Crippen molar-refractivity contribution < 1.29 is 8.78 Å². The van der Waals surface area contributed by atoms with Gasteiger partial charge in [0.25, 0.3) is 0 Å². The second-order valence-electron chi connectivity index (χ2n) is 7.43. The standard InChI is InChI=1S/C20H18F2N7/c1-12-10-15(16(11-23-12)29-24-7-8-25-29)28-9-3-6-20(28,2)19-26-14-5-4-13(21)17(22)18(14)27-19/h4-5,7-8,10H,3,6,9H2,1-2H3,(H,26,27)/t20-/m0/s1. The second kappa shape index (κ2) is 6.33. The molecule has 7 nitrogen and oxygen atoms in total. The van der Waals surface area contributed by atoms with Crippen LogP contribution in [0.25, 0.3) is 16.7 Å². The Balaban J connectivity index is 1.66. The van der Waals surface area contributed by atoms with Crippen molar-refractivity contribution in [1.82, 2.24) is 29.9 Å². The molecular formula is C20H18F2N7. The van der Waals surface area contributed by atoms with E-state index in [0.29, 0.717) is 17.0 Å². The molecule has 0 amide bonds. The number of benzene rings is 1. The highest BCUT2D eigenvalue weighted by molar-refractivity contribution is 5.76. The highest BCUT2D eigenvalue weighted by atomic mass is 19.2. The van der Waals surface area contributed by atoms with Gasteiger partial charge in [0.2, 0.25) is 0 Å². The molecule has 1 radical (unpaired) electrons. The molecular weight excluding hydrogens is 376 g/mol. The zero-order chi connectivity index (χ0) is 20.2. The quantitative estimate of drug-likeness (QED) is 0.576. The summed E-state index contributed by atoms with van der Waals surface area (Å²) in [5.41, 5.74) is 2.23. The lowest BCUT2D eigenvalue weighted by Gasteiger charge is -2.36. The van der Waals surface area contributed by atoms with Gasteiger partial charge in [-0.2, -0.15) is 10.2 Å². The molecule has 0 aliphatic carbocycles. The van der Waals surface area contributed by atoms with Crippen LogP contribution in [0.5, 0.6) is 0 Å². The van der Waals surface area contributed by atoms with Crippen LogP contribution in [0, 0.1) is 24.8 Å². The number of fused-ring (bicyclic) bond motifs is 1. The molecule has 0 unspecified atom stereocenters. The minimum absolute atomic E-state index is 0.0134. The van der Waals surface area contributed by atoms with Gasteiger partial charge in [-0.05, 0) is 44.9 Å². The van der Waals surface area contributed by atoms with Gasteiger partial charge in [0, 0.05) is 12.2 Å². The number of hydrogen-bond donors (Lipinski definition) is 1. The van der Waals surface area contributed by atoms with E-state index in [4.69, 9.17) is 0 Å². The van der Waals surface area contributed by atoms with Crippen LogP contribution >= 0.6 is 0 Å². The maximum Gasteiger partial charge on any atom is 0.186 e. The lowest BCUT2D eigenvalue weighted by atomic mass is 9.97. The van der Waals surface area contributed by atoms with E-state index in [1.165, 1.54) is 10.9 Å². The summed E-state index contributed by atoms with van der Waals surface area (Å²) in [4.78, 5) is 15.6. The largest absolute Gasteiger partial charge is 0.357 e. The Labute approximate surface area is 165 Å². The average Bonchev–Trinajstić information content (AvgIpc) is 3.44. The van der Waals surface area contributed by atoms with E-state index in [0.717, 1.165) is 36.8 Å². The van der Waals surface area contributed by atoms with E-state index in [1.807, 2.05) is 19.9 Å². The van der Waals surface area contributed by atoms with Gasteiger partial charge in [-0.15, -0.1) is 4.80 Å². The van der Waals surface area contributed by atoms with E-state index in [1.54, 1.807) is 12.4 Å². The normalized spacial score (nSPS) is 19.4. The molecule has 0 bridgehead atoms. The summed E-state index contributed by atoms with van der Waals surface area (Å²) >= 11 is 0. The Morgan fingerprint density at radius 2 is 2.00 bits per heavy atom. The summed E-state index contributed by atoms with van der Waals surface area (Å²) in [5.74, 6) is -1.26. The van der Waals surface area contributed by atoms with Gasteiger partial charge >= 0.3 is 0 Å². The summed E-state index contributed by atoms with van der Waals surface area (Å²) in [6.07, 6.45) is 7.92. The average molecular weight is 394 g/mol. The van der Waals surface area contributed by atoms with Crippen LogP contribution in [0.15, 0.2) is 30.6 Å². The van der Waals surface area contributed by atoms with Crippen LogP contribution in [-0.2, 0) is 5.54 Å². The zero-order valence-electron chi connectivity index (χ0n) is 15.9. The number of H-pyrrole nitrogens is 1. The van der Waals surface area contributed by atoms with Crippen LogP contribution in [0.4, 0.5) is 14.5 Å². The maximum absolute atomic E-state index is 14.2. The van der Waals surface area contributed by atoms with E-state index >= 15 is 0 Å². The number of nitrogens with zero attached hydrogens (tertiary/aromatic N) is 6. The molecule has 1 saturated heterocycles. The number of aromatic amines is 1. The molecule has 1 aromatic carbocycles. The number of pyridine rings is 1. The molecule has 4 aromatic rings. The molecule has 0 saturated carbocycles. The first-order valence-corrected chi connectivity index (χ1v) is 9.35. The van der Waals surface area contributed by atoms with Crippen molar-refractivity contribution >= 4 is 16.7 Å². The van der Waals surface area contributed by atoms with Crippen LogP contribution < -0.4 is 4.90 Å². The Kier molecular flexibility index (Phi) is 3.87. The fraction of sp³-hybridized carbons (Fsp3) is 0.300. The number of rotatable bonds is 3. The molecule has 1 fully saturated rings. The Bertz CT molecular complexity index is 1200. The Hall–Kier alpha value is -3.36. The van der Waals surface area contributed by atoms with Gasteiger partial charge < -0.3 is 9.88 Å². The van der Waals surface area contributed by atoms with Crippen molar-refractivity contribution in [1.29, 1.82) is 0 Å². The highest BCUT2D eigenvalue weighted by Crippen LogP contribution is 2.43. The van der Waals surface area contributed by atoms with E-state index in [-0.39, 0.29) is 5.52 Å². The number of aryl methyl sites for hydroxylation is 1. The molecule has 147 valence electrons. The highest BCUT2D eigenvalue weighted by Gasteiger charge is 2.42. The van der Waals surface area contributed by atoms with Crippen LogP contribution in [0.2, 0.25) is 0 Å². The van der Waals surface area contributed by atoms with Gasteiger partial charge in [-0.1, -0.05) is 0 Å². The van der Waals surface area contributed by atoms with Gasteiger partial charge in [0.05, 0.1) is 29.1 Å². The number of anilines is 1. The lowest BCUT2D eigenvalue weighted by Crippen LogP contribution is -2.40. The van der Waals surface area contributed by atoms with Crippen molar-refractivity contribution in [2.75, 3.05) is 11.4 Å². The lowest BCUT2D eigenvalue weighted by molar-refractivity contribution is 0.464. The summed E-state index contributed by atoms with van der Waals surface area (Å²) < 4.78 is 27.9. The van der Waals surface area contributed by atoms with Crippen molar-refractivity contribution in [3.05, 3.63) is 59.9 Å². The number of hydrogen-bond acceptors (Lipinski definition) is 5. The first-order valence-electron chi connectivity index (χ1n) is 9.35. The Morgan fingerprint density at radius 1 is 1.21 bits per heavy atom. The molecule has 3 aromatic heterocycles. The summed E-state index contributed by atoms with van der Waals surface area (Å²) in [5, 5.41) is 8.44. The molecule has 5 rings (SSSR count). The topological polar surface area (TPSA) is 75.5 Å². The van der Waals surface area contributed by atoms with Crippen molar-refractivity contribution in [3.8, 4) is 5.69 Å². The molecule has 0 spiro atoms. The SMILES string of the molecule is Cc1cc(N2CCC[C@@]2(C)c2nc3c(F)c(F)ccc3[nH]2)c(-n2nccn2)[c]n1. The van der Waals surface area contributed by atoms with Crippen molar-refractivity contribution in [3.63, 3.8) is 0 Å². The molecule has 1 aliphatic heterocycles. The van der Waals surface area contributed by atoms with E-state index < -0.39 is 17.2 Å². The smallest absolute Gasteiger partial charge is 0.186 e. The third-order valence-corrected chi connectivity index (χ3v) is 5.53. The first-order chi connectivity index (χ1) is 14.0. The second-order valence-corrected chi connectivity index (χ2v) is 7.43. The van der Waals surface area contributed by atoms with Gasteiger partial charge in [0.15, 0.2) is 11.6 Å². The van der Waals surface area contributed by atoms with Crippen LogP contribution in [-0.4, -0.2) is 36.5 Å². The third kappa shape index (κ3) is 2.68. The molecule has 1 atom stereocenters. The zero-order valence-corrected chi connectivity index (χ0v) is 15.9. The number of imidazole rings is 1. The van der Waals surface area contributed by atoms with E-state index in [2.05, 4.69) is 36.2 Å². The fourth-order valence-electron chi connectivity index (χ4n) is 4.05. The predicted octanol–water partition coefficient (Wildman–Crippen LogP) is 3.44. The number of aromatic nitrogens is 6. The summed E-state index contributed by atoms with van der Waals surface area (Å²) in [6.45, 7) is 4.70. The van der Waals surface area contributed by atoms with Crippen LogP contribution in [0.1, 0.15) is 31.3 Å².